The van der Waals surface area contributed by atoms with E-state index in [9.17, 15) is 9.18 Å². The highest BCUT2D eigenvalue weighted by Crippen LogP contribution is 2.20. The summed E-state index contributed by atoms with van der Waals surface area (Å²) in [4.78, 5) is 15.1. The molecule has 0 radical (unpaired) electrons. The van der Waals surface area contributed by atoms with Gasteiger partial charge in [0, 0.05) is 27.8 Å². The van der Waals surface area contributed by atoms with Crippen molar-refractivity contribution < 1.29 is 9.18 Å². The molecule has 5 heteroatoms. The lowest BCUT2D eigenvalue weighted by atomic mass is 10.1. The van der Waals surface area contributed by atoms with E-state index in [0.717, 1.165) is 16.5 Å². The molecule has 3 rings (SSSR count). The summed E-state index contributed by atoms with van der Waals surface area (Å²) in [6.45, 7) is 0. The van der Waals surface area contributed by atoms with Crippen LogP contribution in [0.15, 0.2) is 48.7 Å². The highest BCUT2D eigenvalue weighted by molar-refractivity contribution is 6.30. The quantitative estimate of drug-likeness (QED) is 0.750. The number of H-pyrrole nitrogens is 1. The molecule has 2 N–H and O–H groups in total. The van der Waals surface area contributed by atoms with Crippen LogP contribution >= 0.6 is 11.6 Å². The zero-order chi connectivity index (χ0) is 14.8. The van der Waals surface area contributed by atoms with Crippen LogP contribution in [0.5, 0.6) is 0 Å². The second-order valence-electron chi connectivity index (χ2n) is 4.74. The van der Waals surface area contributed by atoms with Crippen LogP contribution in [0.1, 0.15) is 5.56 Å². The minimum absolute atomic E-state index is 0.164. The van der Waals surface area contributed by atoms with Gasteiger partial charge in [-0.2, -0.15) is 0 Å². The number of anilines is 1. The molecule has 0 atom stereocenters. The monoisotopic (exact) mass is 302 g/mol. The van der Waals surface area contributed by atoms with Gasteiger partial charge < -0.3 is 10.3 Å². The molecule has 3 aromatic rings. The number of hydrogen-bond donors (Lipinski definition) is 2. The van der Waals surface area contributed by atoms with Crippen molar-refractivity contribution in [2.24, 2.45) is 0 Å². The van der Waals surface area contributed by atoms with E-state index in [4.69, 9.17) is 11.6 Å². The maximum Gasteiger partial charge on any atom is 0.228 e. The van der Waals surface area contributed by atoms with Gasteiger partial charge >= 0.3 is 0 Å². The van der Waals surface area contributed by atoms with Gasteiger partial charge in [-0.25, -0.2) is 4.39 Å². The van der Waals surface area contributed by atoms with Crippen LogP contribution < -0.4 is 5.32 Å². The molecule has 3 nitrogen and oxygen atoms in total. The molecule has 0 aliphatic rings. The van der Waals surface area contributed by atoms with Gasteiger partial charge in [-0.05, 0) is 48.0 Å². The average molecular weight is 303 g/mol. The number of hydrogen-bond acceptors (Lipinski definition) is 1. The fourth-order valence-electron chi connectivity index (χ4n) is 2.21. The number of amides is 1. The van der Waals surface area contributed by atoms with Gasteiger partial charge in [0.05, 0.1) is 6.42 Å². The van der Waals surface area contributed by atoms with E-state index in [0.29, 0.717) is 10.7 Å². The van der Waals surface area contributed by atoms with Crippen LogP contribution in [0.3, 0.4) is 0 Å². The Hall–Kier alpha value is -2.33. The van der Waals surface area contributed by atoms with Gasteiger partial charge in [0.25, 0.3) is 0 Å². The first-order chi connectivity index (χ1) is 10.1. The largest absolute Gasteiger partial charge is 0.361 e. The molecule has 1 amide bonds. The van der Waals surface area contributed by atoms with Crippen molar-refractivity contribution in [1.82, 2.24) is 4.98 Å². The summed E-state index contributed by atoms with van der Waals surface area (Å²) >= 11 is 5.79. The van der Waals surface area contributed by atoms with E-state index in [-0.39, 0.29) is 18.1 Å². The van der Waals surface area contributed by atoms with E-state index < -0.39 is 0 Å². The van der Waals surface area contributed by atoms with E-state index in [1.807, 2.05) is 0 Å². The summed E-state index contributed by atoms with van der Waals surface area (Å²) in [5.41, 5.74) is 2.25. The molecule has 0 unspecified atom stereocenters. The lowest BCUT2D eigenvalue weighted by Crippen LogP contribution is -2.14. The van der Waals surface area contributed by atoms with Gasteiger partial charge in [0.15, 0.2) is 0 Å². The number of halogens is 2. The first-order valence-corrected chi connectivity index (χ1v) is 6.80. The topological polar surface area (TPSA) is 44.9 Å². The van der Waals surface area contributed by atoms with Crippen LogP contribution in [-0.4, -0.2) is 10.9 Å². The molecule has 1 aromatic heterocycles. The molecule has 0 saturated heterocycles. The van der Waals surface area contributed by atoms with Crippen LogP contribution in [0.25, 0.3) is 10.9 Å². The third kappa shape index (κ3) is 3.06. The molecule has 1 heterocycles. The molecule has 0 aliphatic heterocycles. The number of rotatable bonds is 3. The number of nitrogens with one attached hydrogen (secondary N) is 2. The Kier molecular flexibility index (Phi) is 3.62. The predicted molar refractivity (Wildman–Crippen MR) is 82.0 cm³/mol. The molecule has 21 heavy (non-hydrogen) atoms. The van der Waals surface area contributed by atoms with Crippen molar-refractivity contribution >= 4 is 34.1 Å². The minimum Gasteiger partial charge on any atom is -0.361 e. The van der Waals surface area contributed by atoms with Crippen molar-refractivity contribution in [3.63, 3.8) is 0 Å². The number of carbonyl (C=O) groups is 1. The molecule has 0 spiro atoms. The first kappa shape index (κ1) is 13.6. The highest BCUT2D eigenvalue weighted by atomic mass is 35.5. The molecular formula is C16H12ClFN2O. The van der Waals surface area contributed by atoms with Crippen molar-refractivity contribution in [1.29, 1.82) is 0 Å². The van der Waals surface area contributed by atoms with E-state index in [1.165, 1.54) is 12.1 Å². The normalized spacial score (nSPS) is 10.8. The molecule has 0 fully saturated rings. The Morgan fingerprint density at radius 1 is 1.19 bits per heavy atom. The lowest BCUT2D eigenvalue weighted by Gasteiger charge is -2.05. The van der Waals surface area contributed by atoms with Crippen molar-refractivity contribution in [3.05, 3.63) is 65.1 Å². The zero-order valence-corrected chi connectivity index (χ0v) is 11.7. The second-order valence-corrected chi connectivity index (χ2v) is 5.17. The average Bonchev–Trinajstić information content (AvgIpc) is 2.84. The van der Waals surface area contributed by atoms with Gasteiger partial charge in [0.1, 0.15) is 5.82 Å². The predicted octanol–water partition coefficient (Wildman–Crippen LogP) is 4.14. The maximum atomic E-state index is 13.3. The molecular weight excluding hydrogens is 291 g/mol. The maximum absolute atomic E-state index is 13.3. The second kappa shape index (κ2) is 5.58. The smallest absolute Gasteiger partial charge is 0.228 e. The molecule has 0 bridgehead atoms. The van der Waals surface area contributed by atoms with E-state index in [1.54, 1.807) is 36.5 Å². The van der Waals surface area contributed by atoms with Crippen LogP contribution in [0.4, 0.5) is 10.1 Å². The Bertz CT molecular complexity index is 796. The summed E-state index contributed by atoms with van der Waals surface area (Å²) in [7, 11) is 0. The standard InChI is InChI=1S/C16H12ClFN2O/c17-11-1-4-13(5-2-11)20-16(21)7-10-9-19-15-6-3-12(18)8-14(10)15/h1-6,8-9,19H,7H2,(H,20,21). The van der Waals surface area contributed by atoms with Gasteiger partial charge in [-0.1, -0.05) is 11.6 Å². The Labute approximate surface area is 125 Å². The number of aromatic amines is 1. The number of aromatic nitrogens is 1. The fraction of sp³-hybridized carbons (Fsp3) is 0.0625. The van der Waals surface area contributed by atoms with Gasteiger partial charge in [-0.15, -0.1) is 0 Å². The summed E-state index contributed by atoms with van der Waals surface area (Å²) in [5, 5.41) is 4.12. The SMILES string of the molecule is O=C(Cc1c[nH]c2ccc(F)cc12)Nc1ccc(Cl)cc1. The molecule has 0 aliphatic carbocycles. The van der Waals surface area contributed by atoms with E-state index >= 15 is 0 Å². The first-order valence-electron chi connectivity index (χ1n) is 6.43. The summed E-state index contributed by atoms with van der Waals surface area (Å²) < 4.78 is 13.3. The Morgan fingerprint density at radius 2 is 1.95 bits per heavy atom. The highest BCUT2D eigenvalue weighted by Gasteiger charge is 2.10. The van der Waals surface area contributed by atoms with Gasteiger partial charge in [-0.3, -0.25) is 4.79 Å². The fourth-order valence-corrected chi connectivity index (χ4v) is 2.33. The number of carbonyl (C=O) groups excluding carboxylic acids is 1. The molecule has 2 aromatic carbocycles. The van der Waals surface area contributed by atoms with Gasteiger partial charge in [0.2, 0.25) is 5.91 Å². The summed E-state index contributed by atoms with van der Waals surface area (Å²) in [6, 6.07) is 11.3. The van der Waals surface area contributed by atoms with E-state index in [2.05, 4.69) is 10.3 Å². The Morgan fingerprint density at radius 3 is 2.71 bits per heavy atom. The number of fused-ring (bicyclic) bond motifs is 1. The minimum atomic E-state index is -0.318. The zero-order valence-electron chi connectivity index (χ0n) is 11.0. The van der Waals surface area contributed by atoms with Crippen molar-refractivity contribution in [2.75, 3.05) is 5.32 Å². The third-order valence-corrected chi connectivity index (χ3v) is 3.46. The Balaban J connectivity index is 1.77. The van der Waals surface area contributed by atoms with Crippen LogP contribution in [-0.2, 0) is 11.2 Å². The lowest BCUT2D eigenvalue weighted by molar-refractivity contribution is -0.115. The van der Waals surface area contributed by atoms with Crippen LogP contribution in [0, 0.1) is 5.82 Å². The van der Waals surface area contributed by atoms with Crippen LogP contribution in [0.2, 0.25) is 5.02 Å². The number of benzene rings is 2. The van der Waals surface area contributed by atoms with Crippen molar-refractivity contribution in [2.45, 2.75) is 6.42 Å². The summed E-state index contributed by atoms with van der Waals surface area (Å²) in [5.74, 6) is -0.482. The molecule has 106 valence electrons. The summed E-state index contributed by atoms with van der Waals surface area (Å²) in [6.07, 6.45) is 1.90. The third-order valence-electron chi connectivity index (χ3n) is 3.21. The van der Waals surface area contributed by atoms with Crippen molar-refractivity contribution in [3.8, 4) is 0 Å². The molecule has 0 saturated carbocycles.